The molecule has 1 aliphatic heterocycles. The standard InChI is InChI=1S/C23H24ClN3O2/c24-19-9-3-2-7-18(19)15-25-22(28)16-29-20-10-6-8-17-11-12-21(26-23(17)20)27-13-4-1-5-14-27/h2-3,6-12H,1,4-5,13-16H2,(H,25,28). The second-order valence-electron chi connectivity index (χ2n) is 7.20. The third-order valence-corrected chi connectivity index (χ3v) is 5.51. The van der Waals surface area contributed by atoms with Crippen molar-refractivity contribution in [3.63, 3.8) is 0 Å². The number of nitrogens with one attached hydrogen (secondary N) is 1. The maximum absolute atomic E-state index is 12.2. The molecule has 0 aliphatic carbocycles. The van der Waals surface area contributed by atoms with Crippen molar-refractivity contribution in [2.75, 3.05) is 24.6 Å². The first-order chi connectivity index (χ1) is 14.2. The van der Waals surface area contributed by atoms with Crippen LogP contribution in [0.1, 0.15) is 24.8 Å². The number of nitrogens with zero attached hydrogens (tertiary/aromatic N) is 2. The fraction of sp³-hybridized carbons (Fsp3) is 0.304. The Labute approximate surface area is 175 Å². The van der Waals surface area contributed by atoms with Gasteiger partial charge in [0.1, 0.15) is 17.1 Å². The average molecular weight is 410 g/mol. The van der Waals surface area contributed by atoms with E-state index in [9.17, 15) is 4.79 Å². The van der Waals surface area contributed by atoms with E-state index in [4.69, 9.17) is 21.3 Å². The molecule has 0 atom stereocenters. The number of para-hydroxylation sites is 1. The van der Waals surface area contributed by atoms with Crippen molar-refractivity contribution in [2.45, 2.75) is 25.8 Å². The highest BCUT2D eigenvalue weighted by molar-refractivity contribution is 6.31. The zero-order valence-electron chi connectivity index (χ0n) is 16.2. The van der Waals surface area contributed by atoms with Crippen LogP contribution in [0.2, 0.25) is 5.02 Å². The number of halogens is 1. The van der Waals surface area contributed by atoms with Crippen molar-refractivity contribution >= 4 is 34.2 Å². The minimum absolute atomic E-state index is 0.0703. The Kier molecular flexibility index (Phi) is 6.15. The van der Waals surface area contributed by atoms with Crippen LogP contribution in [0.3, 0.4) is 0 Å². The van der Waals surface area contributed by atoms with E-state index < -0.39 is 0 Å². The monoisotopic (exact) mass is 409 g/mol. The molecule has 2 heterocycles. The molecule has 29 heavy (non-hydrogen) atoms. The number of pyridine rings is 1. The molecular formula is C23H24ClN3O2. The van der Waals surface area contributed by atoms with Gasteiger partial charge in [-0.2, -0.15) is 0 Å². The fourth-order valence-electron chi connectivity index (χ4n) is 3.56. The Morgan fingerprint density at radius 3 is 2.69 bits per heavy atom. The SMILES string of the molecule is O=C(COc1cccc2ccc(N3CCCCC3)nc12)NCc1ccccc1Cl. The van der Waals surface area contributed by atoms with Gasteiger partial charge in [0.05, 0.1) is 0 Å². The largest absolute Gasteiger partial charge is 0.481 e. The van der Waals surface area contributed by atoms with E-state index in [0.717, 1.165) is 35.4 Å². The quantitative estimate of drug-likeness (QED) is 0.647. The number of ether oxygens (including phenoxy) is 1. The van der Waals surface area contributed by atoms with Crippen LogP contribution in [0.4, 0.5) is 5.82 Å². The second kappa shape index (κ2) is 9.14. The van der Waals surface area contributed by atoms with Gasteiger partial charge in [0, 0.05) is 30.0 Å². The summed E-state index contributed by atoms with van der Waals surface area (Å²) < 4.78 is 5.82. The van der Waals surface area contributed by atoms with Crippen LogP contribution in [0.5, 0.6) is 5.75 Å². The molecule has 150 valence electrons. The lowest BCUT2D eigenvalue weighted by molar-refractivity contribution is -0.123. The predicted molar refractivity (Wildman–Crippen MR) is 117 cm³/mol. The first kappa shape index (κ1) is 19.5. The Balaban J connectivity index is 1.43. The summed E-state index contributed by atoms with van der Waals surface area (Å²) in [5.74, 6) is 1.39. The van der Waals surface area contributed by atoms with Crippen molar-refractivity contribution in [1.82, 2.24) is 10.3 Å². The Morgan fingerprint density at radius 2 is 1.86 bits per heavy atom. The highest BCUT2D eigenvalue weighted by Crippen LogP contribution is 2.27. The zero-order valence-corrected chi connectivity index (χ0v) is 17.0. The van der Waals surface area contributed by atoms with Gasteiger partial charge >= 0.3 is 0 Å². The molecule has 0 radical (unpaired) electrons. The van der Waals surface area contributed by atoms with Crippen molar-refractivity contribution < 1.29 is 9.53 Å². The van der Waals surface area contributed by atoms with Crippen molar-refractivity contribution in [2.24, 2.45) is 0 Å². The van der Waals surface area contributed by atoms with Gasteiger partial charge in [0.25, 0.3) is 5.91 Å². The lowest BCUT2D eigenvalue weighted by Crippen LogP contribution is -2.30. The minimum Gasteiger partial charge on any atom is -0.481 e. The highest BCUT2D eigenvalue weighted by Gasteiger charge is 2.14. The number of carbonyl (C=O) groups is 1. The van der Waals surface area contributed by atoms with Gasteiger partial charge in [-0.25, -0.2) is 4.98 Å². The first-order valence-corrected chi connectivity index (χ1v) is 10.4. The number of fused-ring (bicyclic) bond motifs is 1. The average Bonchev–Trinajstić information content (AvgIpc) is 2.77. The number of carbonyl (C=O) groups excluding carboxylic acids is 1. The highest BCUT2D eigenvalue weighted by atomic mass is 35.5. The van der Waals surface area contributed by atoms with E-state index in [2.05, 4.69) is 22.3 Å². The molecule has 1 fully saturated rings. The molecule has 0 spiro atoms. The molecule has 0 bridgehead atoms. The van der Waals surface area contributed by atoms with E-state index in [0.29, 0.717) is 17.3 Å². The summed E-state index contributed by atoms with van der Waals surface area (Å²) in [5.41, 5.74) is 1.66. The van der Waals surface area contributed by atoms with E-state index in [-0.39, 0.29) is 12.5 Å². The van der Waals surface area contributed by atoms with Crippen LogP contribution >= 0.6 is 11.6 Å². The van der Waals surface area contributed by atoms with Crippen LogP contribution in [0.25, 0.3) is 10.9 Å². The summed E-state index contributed by atoms with van der Waals surface area (Å²) in [6.07, 6.45) is 3.68. The number of hydrogen-bond acceptors (Lipinski definition) is 4. The summed E-state index contributed by atoms with van der Waals surface area (Å²) in [4.78, 5) is 19.4. The molecule has 2 aromatic carbocycles. The number of anilines is 1. The van der Waals surface area contributed by atoms with Gasteiger partial charge in [0.2, 0.25) is 0 Å². The summed E-state index contributed by atoms with van der Waals surface area (Å²) in [6, 6.07) is 17.4. The molecule has 1 aromatic heterocycles. The molecule has 1 N–H and O–H groups in total. The van der Waals surface area contributed by atoms with Crippen LogP contribution in [0, 0.1) is 0 Å². The zero-order chi connectivity index (χ0) is 20.1. The lowest BCUT2D eigenvalue weighted by atomic mass is 10.1. The summed E-state index contributed by atoms with van der Waals surface area (Å²) >= 11 is 6.13. The van der Waals surface area contributed by atoms with Gasteiger partial charge in [-0.15, -0.1) is 0 Å². The Morgan fingerprint density at radius 1 is 1.03 bits per heavy atom. The molecule has 5 nitrogen and oxygen atoms in total. The van der Waals surface area contributed by atoms with Gasteiger partial charge in [0.15, 0.2) is 6.61 Å². The Hall–Kier alpha value is -2.79. The summed E-state index contributed by atoms with van der Waals surface area (Å²) in [7, 11) is 0. The number of aromatic nitrogens is 1. The number of hydrogen-bond donors (Lipinski definition) is 1. The maximum atomic E-state index is 12.2. The summed E-state index contributed by atoms with van der Waals surface area (Å²) in [5, 5.41) is 4.48. The third kappa shape index (κ3) is 4.80. The van der Waals surface area contributed by atoms with Crippen LogP contribution < -0.4 is 15.0 Å². The van der Waals surface area contributed by atoms with Gasteiger partial charge in [-0.05, 0) is 49.1 Å². The molecule has 6 heteroatoms. The number of amides is 1. The van der Waals surface area contributed by atoms with E-state index in [1.807, 2.05) is 36.4 Å². The van der Waals surface area contributed by atoms with E-state index in [1.165, 1.54) is 19.3 Å². The molecule has 4 rings (SSSR count). The number of piperidine rings is 1. The molecular weight excluding hydrogens is 386 g/mol. The van der Waals surface area contributed by atoms with Crippen LogP contribution in [-0.4, -0.2) is 30.6 Å². The van der Waals surface area contributed by atoms with Crippen LogP contribution in [-0.2, 0) is 11.3 Å². The predicted octanol–water partition coefficient (Wildman–Crippen LogP) is 4.57. The first-order valence-electron chi connectivity index (χ1n) is 9.98. The van der Waals surface area contributed by atoms with Gasteiger partial charge < -0.3 is 15.0 Å². The molecule has 3 aromatic rings. The second-order valence-corrected chi connectivity index (χ2v) is 7.61. The van der Waals surface area contributed by atoms with E-state index >= 15 is 0 Å². The molecule has 0 saturated carbocycles. The molecule has 1 aliphatic rings. The fourth-order valence-corrected chi connectivity index (χ4v) is 3.76. The Bertz CT molecular complexity index is 1000. The normalized spacial score (nSPS) is 14.0. The van der Waals surface area contributed by atoms with Crippen LogP contribution in [0.15, 0.2) is 54.6 Å². The molecule has 1 amide bonds. The van der Waals surface area contributed by atoms with Gasteiger partial charge in [-0.3, -0.25) is 4.79 Å². The minimum atomic E-state index is -0.200. The topological polar surface area (TPSA) is 54.5 Å². The maximum Gasteiger partial charge on any atom is 0.258 e. The van der Waals surface area contributed by atoms with E-state index in [1.54, 1.807) is 6.07 Å². The third-order valence-electron chi connectivity index (χ3n) is 5.14. The van der Waals surface area contributed by atoms with Gasteiger partial charge in [-0.1, -0.05) is 41.9 Å². The van der Waals surface area contributed by atoms with Crippen molar-refractivity contribution in [3.05, 3.63) is 65.2 Å². The smallest absolute Gasteiger partial charge is 0.258 e. The van der Waals surface area contributed by atoms with Crippen molar-refractivity contribution in [1.29, 1.82) is 0 Å². The number of rotatable bonds is 6. The number of benzene rings is 2. The summed E-state index contributed by atoms with van der Waals surface area (Å²) in [6.45, 7) is 2.37. The molecule has 0 unspecified atom stereocenters. The lowest BCUT2D eigenvalue weighted by Gasteiger charge is -2.28. The molecule has 1 saturated heterocycles. The van der Waals surface area contributed by atoms with Crippen molar-refractivity contribution in [3.8, 4) is 5.75 Å².